The second-order valence-corrected chi connectivity index (χ2v) is 4.33. The van der Waals surface area contributed by atoms with E-state index in [9.17, 15) is 4.79 Å². The van der Waals surface area contributed by atoms with Crippen LogP contribution in [0.1, 0.15) is 29.8 Å². The number of ketones is 1. The Balaban J connectivity index is 2.06. The van der Waals surface area contributed by atoms with Gasteiger partial charge in [-0.3, -0.25) is 4.79 Å². The van der Waals surface area contributed by atoms with E-state index in [1.807, 2.05) is 32.0 Å². The minimum Gasteiger partial charge on any atom is -0.384 e. The lowest BCUT2D eigenvalue weighted by Gasteiger charge is -2.07. The summed E-state index contributed by atoms with van der Waals surface area (Å²) in [4.78, 5) is 11.8. The monoisotopic (exact) mass is 219 g/mol. The van der Waals surface area contributed by atoms with Crippen LogP contribution >= 0.6 is 0 Å². The SMILES string of the molecule is CC(C)OCC(=O)c1ccc2c(c1)CCN2. The molecule has 16 heavy (non-hydrogen) atoms. The minimum absolute atomic E-state index is 0.0587. The normalized spacial score (nSPS) is 13.7. The molecule has 1 aliphatic rings. The number of ether oxygens (including phenoxy) is 1. The lowest BCUT2D eigenvalue weighted by atomic mass is 10.1. The molecule has 0 bridgehead atoms. The van der Waals surface area contributed by atoms with Gasteiger partial charge in [0.15, 0.2) is 5.78 Å². The second kappa shape index (κ2) is 4.66. The van der Waals surface area contributed by atoms with E-state index in [0.717, 1.165) is 24.2 Å². The van der Waals surface area contributed by atoms with Gasteiger partial charge in [-0.1, -0.05) is 0 Å². The number of nitrogens with one attached hydrogen (secondary N) is 1. The Kier molecular flexibility index (Phi) is 3.25. The molecule has 0 atom stereocenters. The molecular formula is C13H17NO2. The van der Waals surface area contributed by atoms with Gasteiger partial charge in [0.05, 0.1) is 6.10 Å². The number of anilines is 1. The van der Waals surface area contributed by atoms with Crippen molar-refractivity contribution in [2.45, 2.75) is 26.4 Å². The molecule has 1 aromatic carbocycles. The maximum absolute atomic E-state index is 11.8. The van der Waals surface area contributed by atoms with Crippen molar-refractivity contribution in [2.75, 3.05) is 18.5 Å². The number of fused-ring (bicyclic) bond motifs is 1. The fraction of sp³-hybridized carbons (Fsp3) is 0.462. The first-order valence-corrected chi connectivity index (χ1v) is 5.68. The Morgan fingerprint density at radius 1 is 1.50 bits per heavy atom. The fourth-order valence-corrected chi connectivity index (χ4v) is 1.80. The largest absolute Gasteiger partial charge is 0.384 e. The molecule has 1 N–H and O–H groups in total. The first-order valence-electron chi connectivity index (χ1n) is 5.68. The summed E-state index contributed by atoms with van der Waals surface area (Å²) in [5.74, 6) is 0.0587. The standard InChI is InChI=1S/C13H17NO2/c1-9(2)16-8-13(15)11-3-4-12-10(7-11)5-6-14-12/h3-4,7,9,14H,5-6,8H2,1-2H3. The van der Waals surface area contributed by atoms with Gasteiger partial charge in [-0.2, -0.15) is 0 Å². The summed E-state index contributed by atoms with van der Waals surface area (Å²) in [5.41, 5.74) is 3.14. The number of rotatable bonds is 4. The van der Waals surface area contributed by atoms with Gasteiger partial charge in [-0.15, -0.1) is 0 Å². The van der Waals surface area contributed by atoms with Crippen molar-refractivity contribution < 1.29 is 9.53 Å². The molecule has 3 heteroatoms. The molecule has 1 heterocycles. The molecule has 0 saturated carbocycles. The van der Waals surface area contributed by atoms with Crippen molar-refractivity contribution in [2.24, 2.45) is 0 Å². The van der Waals surface area contributed by atoms with Crippen LogP contribution in [0.5, 0.6) is 0 Å². The lowest BCUT2D eigenvalue weighted by Crippen LogP contribution is -2.13. The van der Waals surface area contributed by atoms with Gasteiger partial charge in [0.2, 0.25) is 0 Å². The average Bonchev–Trinajstić information content (AvgIpc) is 2.72. The Bertz CT molecular complexity index is 399. The zero-order valence-electron chi connectivity index (χ0n) is 9.75. The summed E-state index contributed by atoms with van der Waals surface area (Å²) in [5, 5.41) is 3.27. The smallest absolute Gasteiger partial charge is 0.188 e. The van der Waals surface area contributed by atoms with Gasteiger partial charge in [-0.05, 0) is 44.0 Å². The van der Waals surface area contributed by atoms with E-state index >= 15 is 0 Å². The molecule has 0 spiro atoms. The summed E-state index contributed by atoms with van der Waals surface area (Å²) >= 11 is 0. The highest BCUT2D eigenvalue weighted by molar-refractivity contribution is 5.97. The number of hydrogen-bond donors (Lipinski definition) is 1. The number of carbonyl (C=O) groups is 1. The highest BCUT2D eigenvalue weighted by Crippen LogP contribution is 2.23. The maximum atomic E-state index is 11.8. The summed E-state index contributed by atoms with van der Waals surface area (Å²) in [6.45, 7) is 5.00. The van der Waals surface area contributed by atoms with Crippen molar-refractivity contribution in [1.29, 1.82) is 0 Å². The van der Waals surface area contributed by atoms with Gasteiger partial charge in [0.25, 0.3) is 0 Å². The zero-order valence-corrected chi connectivity index (χ0v) is 9.75. The summed E-state index contributed by atoms with van der Waals surface area (Å²) < 4.78 is 5.31. The summed E-state index contributed by atoms with van der Waals surface area (Å²) in [6.07, 6.45) is 1.10. The highest BCUT2D eigenvalue weighted by atomic mass is 16.5. The molecule has 0 aromatic heterocycles. The van der Waals surface area contributed by atoms with Crippen molar-refractivity contribution in [1.82, 2.24) is 0 Å². The second-order valence-electron chi connectivity index (χ2n) is 4.33. The Morgan fingerprint density at radius 2 is 2.31 bits per heavy atom. The minimum atomic E-state index is 0.0587. The summed E-state index contributed by atoms with van der Waals surface area (Å²) in [6, 6.07) is 5.81. The van der Waals surface area contributed by atoms with Crippen LogP contribution in [0.4, 0.5) is 5.69 Å². The molecule has 0 radical (unpaired) electrons. The summed E-state index contributed by atoms with van der Waals surface area (Å²) in [7, 11) is 0. The van der Waals surface area contributed by atoms with E-state index in [-0.39, 0.29) is 18.5 Å². The maximum Gasteiger partial charge on any atom is 0.188 e. The van der Waals surface area contributed by atoms with E-state index in [1.54, 1.807) is 0 Å². The molecule has 1 aliphatic heterocycles. The Labute approximate surface area is 95.8 Å². The third kappa shape index (κ3) is 2.42. The molecule has 0 fully saturated rings. The first kappa shape index (κ1) is 11.1. The van der Waals surface area contributed by atoms with Crippen LogP contribution in [0.15, 0.2) is 18.2 Å². The van der Waals surface area contributed by atoms with Crippen LogP contribution < -0.4 is 5.32 Å². The van der Waals surface area contributed by atoms with Crippen LogP contribution in [0.3, 0.4) is 0 Å². The quantitative estimate of drug-likeness (QED) is 0.789. The Morgan fingerprint density at radius 3 is 3.06 bits per heavy atom. The topological polar surface area (TPSA) is 38.3 Å². The number of hydrogen-bond acceptors (Lipinski definition) is 3. The van der Waals surface area contributed by atoms with Crippen molar-refractivity contribution in [3.8, 4) is 0 Å². The third-order valence-electron chi connectivity index (χ3n) is 2.68. The Hall–Kier alpha value is -1.35. The molecule has 0 unspecified atom stereocenters. The van der Waals surface area contributed by atoms with E-state index in [1.165, 1.54) is 5.56 Å². The highest BCUT2D eigenvalue weighted by Gasteiger charge is 2.13. The molecule has 0 amide bonds. The molecule has 1 aromatic rings. The molecular weight excluding hydrogens is 202 g/mol. The van der Waals surface area contributed by atoms with E-state index in [4.69, 9.17) is 4.74 Å². The van der Waals surface area contributed by atoms with Crippen LogP contribution in [-0.2, 0) is 11.2 Å². The molecule has 0 aliphatic carbocycles. The van der Waals surface area contributed by atoms with E-state index in [2.05, 4.69) is 5.32 Å². The van der Waals surface area contributed by atoms with Crippen molar-refractivity contribution in [3.05, 3.63) is 29.3 Å². The van der Waals surface area contributed by atoms with E-state index in [0.29, 0.717) is 0 Å². The molecule has 3 nitrogen and oxygen atoms in total. The first-order chi connectivity index (χ1) is 7.66. The number of carbonyl (C=O) groups excluding carboxylic acids is 1. The van der Waals surface area contributed by atoms with E-state index < -0.39 is 0 Å². The van der Waals surface area contributed by atoms with Crippen LogP contribution in [0.2, 0.25) is 0 Å². The predicted molar refractivity (Wildman–Crippen MR) is 64.1 cm³/mol. The zero-order chi connectivity index (χ0) is 11.5. The van der Waals surface area contributed by atoms with Crippen LogP contribution in [0.25, 0.3) is 0 Å². The fourth-order valence-electron chi connectivity index (χ4n) is 1.80. The number of benzene rings is 1. The van der Waals surface area contributed by atoms with Crippen LogP contribution in [-0.4, -0.2) is 25.0 Å². The predicted octanol–water partition coefficient (Wildman–Crippen LogP) is 2.26. The van der Waals surface area contributed by atoms with Gasteiger partial charge in [0, 0.05) is 17.8 Å². The number of Topliss-reactive ketones (excluding diaryl/α,β-unsaturated/α-hetero) is 1. The van der Waals surface area contributed by atoms with Crippen LogP contribution in [0, 0.1) is 0 Å². The van der Waals surface area contributed by atoms with Gasteiger partial charge in [0.1, 0.15) is 6.61 Å². The van der Waals surface area contributed by atoms with Gasteiger partial charge in [-0.25, -0.2) is 0 Å². The average molecular weight is 219 g/mol. The molecule has 2 rings (SSSR count). The van der Waals surface area contributed by atoms with Crippen molar-refractivity contribution >= 4 is 11.5 Å². The molecule has 86 valence electrons. The van der Waals surface area contributed by atoms with Crippen molar-refractivity contribution in [3.63, 3.8) is 0 Å². The molecule has 0 saturated heterocycles. The van der Waals surface area contributed by atoms with Gasteiger partial charge < -0.3 is 10.1 Å². The van der Waals surface area contributed by atoms with Gasteiger partial charge >= 0.3 is 0 Å². The lowest BCUT2D eigenvalue weighted by molar-refractivity contribution is 0.0585. The third-order valence-corrected chi connectivity index (χ3v) is 2.68.